The maximum absolute atomic E-state index is 12.3. The second-order valence-electron chi connectivity index (χ2n) is 5.02. The molecule has 1 amide bonds. The second-order valence-corrected chi connectivity index (χ2v) is 5.02. The van der Waals surface area contributed by atoms with Crippen LogP contribution in [0.4, 0.5) is 5.69 Å². The van der Waals surface area contributed by atoms with Crippen molar-refractivity contribution in [1.82, 2.24) is 0 Å². The summed E-state index contributed by atoms with van der Waals surface area (Å²) in [6.07, 6.45) is 1.34. The van der Waals surface area contributed by atoms with E-state index in [1.54, 1.807) is 36.4 Å². The van der Waals surface area contributed by atoms with Gasteiger partial charge >= 0.3 is 0 Å². The summed E-state index contributed by atoms with van der Waals surface area (Å²) in [7, 11) is 0. The molecule has 0 aliphatic carbocycles. The number of amides is 1. The molecule has 0 saturated carbocycles. The Bertz CT molecular complexity index is 976. The third-order valence-corrected chi connectivity index (χ3v) is 3.55. The molecule has 1 aliphatic heterocycles. The Balaban J connectivity index is 1.64. The summed E-state index contributed by atoms with van der Waals surface area (Å²) in [5.74, 6) is 0.852. The predicted octanol–water partition coefficient (Wildman–Crippen LogP) is 2.77. The zero-order valence-electron chi connectivity index (χ0n) is 11.9. The van der Waals surface area contributed by atoms with Gasteiger partial charge in [-0.05, 0) is 36.4 Å². The second kappa shape index (κ2) is 5.17. The lowest BCUT2D eigenvalue weighted by molar-refractivity contribution is 0.102. The van der Waals surface area contributed by atoms with Gasteiger partial charge in [0.1, 0.15) is 5.58 Å². The van der Waals surface area contributed by atoms with Crippen LogP contribution in [0.25, 0.3) is 11.0 Å². The van der Waals surface area contributed by atoms with Crippen LogP contribution in [0, 0.1) is 0 Å². The molecule has 2 aromatic carbocycles. The highest BCUT2D eigenvalue weighted by molar-refractivity contribution is 6.05. The number of rotatable bonds is 2. The van der Waals surface area contributed by atoms with Crippen LogP contribution >= 0.6 is 0 Å². The molecule has 23 heavy (non-hydrogen) atoms. The number of anilines is 1. The molecule has 0 unspecified atom stereocenters. The van der Waals surface area contributed by atoms with E-state index in [0.29, 0.717) is 33.7 Å². The van der Waals surface area contributed by atoms with Gasteiger partial charge in [0.25, 0.3) is 5.91 Å². The maximum atomic E-state index is 12.3. The molecule has 0 fully saturated rings. The van der Waals surface area contributed by atoms with Gasteiger partial charge in [0.2, 0.25) is 6.79 Å². The summed E-state index contributed by atoms with van der Waals surface area (Å²) >= 11 is 0. The van der Waals surface area contributed by atoms with Gasteiger partial charge in [-0.15, -0.1) is 0 Å². The van der Waals surface area contributed by atoms with Crippen molar-refractivity contribution in [1.29, 1.82) is 0 Å². The minimum atomic E-state index is -0.303. The van der Waals surface area contributed by atoms with Crippen molar-refractivity contribution >= 4 is 22.6 Å². The van der Waals surface area contributed by atoms with E-state index in [1.807, 2.05) is 0 Å². The minimum Gasteiger partial charge on any atom is -0.464 e. The Morgan fingerprint density at radius 3 is 2.78 bits per heavy atom. The lowest BCUT2D eigenvalue weighted by Crippen LogP contribution is -2.12. The van der Waals surface area contributed by atoms with Crippen LogP contribution in [0.1, 0.15) is 10.4 Å². The fourth-order valence-electron chi connectivity index (χ4n) is 2.40. The van der Waals surface area contributed by atoms with E-state index in [1.165, 1.54) is 12.3 Å². The van der Waals surface area contributed by atoms with E-state index < -0.39 is 0 Å². The lowest BCUT2D eigenvalue weighted by Gasteiger charge is -2.06. The third kappa shape index (κ3) is 2.40. The van der Waals surface area contributed by atoms with Crippen LogP contribution in [0.3, 0.4) is 0 Å². The molecule has 6 nitrogen and oxygen atoms in total. The maximum Gasteiger partial charge on any atom is 0.255 e. The molecule has 4 rings (SSSR count). The number of hydrogen-bond acceptors (Lipinski definition) is 5. The van der Waals surface area contributed by atoms with Crippen molar-refractivity contribution in [3.8, 4) is 11.5 Å². The summed E-state index contributed by atoms with van der Waals surface area (Å²) in [4.78, 5) is 24.1. The average Bonchev–Trinajstić information content (AvgIpc) is 3.03. The number of nitrogens with one attached hydrogen (secondary N) is 1. The predicted molar refractivity (Wildman–Crippen MR) is 83.0 cm³/mol. The molecule has 1 aliphatic rings. The highest BCUT2D eigenvalue weighted by Crippen LogP contribution is 2.32. The number of hydrogen-bond donors (Lipinski definition) is 1. The van der Waals surface area contributed by atoms with Gasteiger partial charge in [-0.25, -0.2) is 0 Å². The molecule has 0 atom stereocenters. The fourth-order valence-corrected chi connectivity index (χ4v) is 2.40. The van der Waals surface area contributed by atoms with Gasteiger partial charge in [0, 0.05) is 17.3 Å². The Morgan fingerprint density at radius 1 is 1.00 bits per heavy atom. The molecular weight excluding hydrogens is 298 g/mol. The van der Waals surface area contributed by atoms with Crippen molar-refractivity contribution in [3.63, 3.8) is 0 Å². The first-order valence-electron chi connectivity index (χ1n) is 6.93. The minimum absolute atomic E-state index is 0.154. The van der Waals surface area contributed by atoms with E-state index in [9.17, 15) is 9.59 Å². The smallest absolute Gasteiger partial charge is 0.255 e. The number of carbonyl (C=O) groups excluding carboxylic acids is 1. The van der Waals surface area contributed by atoms with Gasteiger partial charge in [-0.1, -0.05) is 0 Å². The normalized spacial score (nSPS) is 12.3. The highest BCUT2D eigenvalue weighted by atomic mass is 16.7. The van der Waals surface area contributed by atoms with Gasteiger partial charge in [0.05, 0.1) is 11.6 Å². The standard InChI is InChI=1S/C17H11NO5/c19-13-5-6-21-14-4-2-11(8-12(13)14)18-17(20)10-1-3-15-16(7-10)23-9-22-15/h1-8H,9H2,(H,18,20). The van der Waals surface area contributed by atoms with E-state index in [-0.39, 0.29) is 18.1 Å². The van der Waals surface area contributed by atoms with Crippen molar-refractivity contribution in [2.75, 3.05) is 12.1 Å². The molecule has 0 spiro atoms. The van der Waals surface area contributed by atoms with Crippen LogP contribution in [-0.2, 0) is 0 Å². The Labute approximate surface area is 130 Å². The molecule has 3 aromatic rings. The average molecular weight is 309 g/mol. The van der Waals surface area contributed by atoms with Crippen LogP contribution in [0.2, 0.25) is 0 Å². The summed E-state index contributed by atoms with van der Waals surface area (Å²) in [5, 5.41) is 3.17. The highest BCUT2D eigenvalue weighted by Gasteiger charge is 2.16. The van der Waals surface area contributed by atoms with Crippen LogP contribution in [0.5, 0.6) is 11.5 Å². The topological polar surface area (TPSA) is 77.8 Å². The third-order valence-electron chi connectivity index (χ3n) is 3.55. The van der Waals surface area contributed by atoms with Crippen LogP contribution < -0.4 is 20.2 Å². The van der Waals surface area contributed by atoms with Gasteiger partial charge in [-0.2, -0.15) is 0 Å². The summed E-state index contributed by atoms with van der Waals surface area (Å²) in [5.41, 5.74) is 1.26. The SMILES string of the molecule is O=C(Nc1ccc2occc(=O)c2c1)c1ccc2c(c1)OCO2. The van der Waals surface area contributed by atoms with E-state index in [2.05, 4.69) is 5.32 Å². The molecule has 0 bridgehead atoms. The van der Waals surface area contributed by atoms with Crippen molar-refractivity contribution < 1.29 is 18.7 Å². The Kier molecular flexibility index (Phi) is 3.01. The summed E-state index contributed by atoms with van der Waals surface area (Å²) in [6.45, 7) is 0.154. The van der Waals surface area contributed by atoms with Crippen LogP contribution in [-0.4, -0.2) is 12.7 Å². The van der Waals surface area contributed by atoms with Gasteiger partial charge < -0.3 is 19.2 Å². The monoisotopic (exact) mass is 309 g/mol. The molecule has 0 radical (unpaired) electrons. The number of ether oxygens (including phenoxy) is 2. The largest absolute Gasteiger partial charge is 0.464 e. The number of carbonyl (C=O) groups is 1. The zero-order valence-corrected chi connectivity index (χ0v) is 11.9. The quantitative estimate of drug-likeness (QED) is 0.787. The van der Waals surface area contributed by atoms with Crippen molar-refractivity contribution in [2.45, 2.75) is 0 Å². The molecular formula is C17H11NO5. The number of fused-ring (bicyclic) bond motifs is 2. The summed E-state index contributed by atoms with van der Waals surface area (Å²) < 4.78 is 15.7. The van der Waals surface area contributed by atoms with E-state index in [0.717, 1.165) is 0 Å². The first kappa shape index (κ1) is 13.4. The lowest BCUT2D eigenvalue weighted by atomic mass is 10.1. The zero-order chi connectivity index (χ0) is 15.8. The first-order valence-corrected chi connectivity index (χ1v) is 6.93. The fraction of sp³-hybridized carbons (Fsp3) is 0.0588. The van der Waals surface area contributed by atoms with Crippen LogP contribution in [0.15, 0.2) is 57.9 Å². The van der Waals surface area contributed by atoms with Crippen molar-refractivity contribution in [2.24, 2.45) is 0 Å². The number of benzene rings is 2. The van der Waals surface area contributed by atoms with Gasteiger partial charge in [-0.3, -0.25) is 9.59 Å². The summed E-state index contributed by atoms with van der Waals surface area (Å²) in [6, 6.07) is 11.2. The molecule has 6 heteroatoms. The van der Waals surface area contributed by atoms with Crippen molar-refractivity contribution in [3.05, 3.63) is 64.5 Å². The molecule has 1 aromatic heterocycles. The molecule has 2 heterocycles. The molecule has 0 saturated heterocycles. The Hall–Kier alpha value is -3.28. The molecule has 1 N–H and O–H groups in total. The van der Waals surface area contributed by atoms with E-state index in [4.69, 9.17) is 13.9 Å². The van der Waals surface area contributed by atoms with E-state index >= 15 is 0 Å². The molecule has 114 valence electrons. The first-order chi connectivity index (χ1) is 11.2. The van der Waals surface area contributed by atoms with Gasteiger partial charge in [0.15, 0.2) is 16.9 Å². The Morgan fingerprint density at radius 2 is 1.87 bits per heavy atom.